The highest BCUT2D eigenvalue weighted by atomic mass is 16.1. The highest BCUT2D eigenvalue weighted by Gasteiger charge is 2.14. The molecule has 1 aromatic rings. The quantitative estimate of drug-likeness (QED) is 0.721. The molecule has 0 unspecified atom stereocenters. The molecule has 0 bridgehead atoms. The molecular weight excluding hydrogens is 178 g/mol. The molecule has 0 aromatic carbocycles. The van der Waals surface area contributed by atoms with Gasteiger partial charge in [0.1, 0.15) is 0 Å². The van der Waals surface area contributed by atoms with Crippen LogP contribution in [0.25, 0.3) is 0 Å². The van der Waals surface area contributed by atoms with Crippen molar-refractivity contribution in [1.29, 1.82) is 0 Å². The van der Waals surface area contributed by atoms with Crippen molar-refractivity contribution >= 4 is 0 Å². The maximum Gasteiger partial charge on any atom is 0.266 e. The van der Waals surface area contributed by atoms with Crippen LogP contribution in [0.1, 0.15) is 18.5 Å². The summed E-state index contributed by atoms with van der Waals surface area (Å²) in [5, 5.41) is 6.40. The molecule has 0 amide bonds. The number of aromatic amines is 1. The molecule has 78 valence electrons. The zero-order valence-electron chi connectivity index (χ0n) is 8.55. The van der Waals surface area contributed by atoms with Gasteiger partial charge in [0.15, 0.2) is 0 Å². The number of H-pyrrole nitrogens is 1. The van der Waals surface area contributed by atoms with Crippen LogP contribution in [0.4, 0.5) is 0 Å². The van der Waals surface area contributed by atoms with Crippen molar-refractivity contribution in [2.24, 2.45) is 5.92 Å². The maximum absolute atomic E-state index is 11.4. The van der Waals surface area contributed by atoms with E-state index in [0.717, 1.165) is 25.3 Å². The third-order valence-corrected chi connectivity index (χ3v) is 2.82. The first-order valence-corrected chi connectivity index (χ1v) is 5.23. The number of hydrogen-bond donors (Lipinski definition) is 2. The molecule has 4 nitrogen and oxygen atoms in total. The normalized spacial score (nSPS) is 18.6. The summed E-state index contributed by atoms with van der Waals surface area (Å²) < 4.78 is 1.73. The molecule has 0 atom stereocenters. The summed E-state index contributed by atoms with van der Waals surface area (Å²) in [6, 6.07) is 1.65. The number of hydrogen-bond acceptors (Lipinski definition) is 2. The predicted octanol–water partition coefficient (Wildman–Crippen LogP) is 0.484. The molecule has 14 heavy (non-hydrogen) atoms. The molecule has 0 aliphatic carbocycles. The number of aryl methyl sites for hydroxylation is 1. The van der Waals surface area contributed by atoms with Gasteiger partial charge in [-0.1, -0.05) is 0 Å². The number of aromatic nitrogens is 2. The largest absolute Gasteiger partial charge is 0.317 e. The average molecular weight is 195 g/mol. The van der Waals surface area contributed by atoms with E-state index in [-0.39, 0.29) is 5.56 Å². The summed E-state index contributed by atoms with van der Waals surface area (Å²) in [6.45, 7) is 4.92. The Morgan fingerprint density at radius 1 is 1.50 bits per heavy atom. The lowest BCUT2D eigenvalue weighted by atomic mass is 9.98. The Balaban J connectivity index is 2.02. The summed E-state index contributed by atoms with van der Waals surface area (Å²) in [4.78, 5) is 11.4. The van der Waals surface area contributed by atoms with Gasteiger partial charge in [-0.25, -0.2) is 0 Å². The van der Waals surface area contributed by atoms with Crippen LogP contribution in [0.15, 0.2) is 10.9 Å². The van der Waals surface area contributed by atoms with Crippen molar-refractivity contribution in [1.82, 2.24) is 15.1 Å². The molecule has 1 aliphatic rings. The summed E-state index contributed by atoms with van der Waals surface area (Å²) in [5.74, 6) is 0.645. The van der Waals surface area contributed by atoms with E-state index in [1.165, 1.54) is 12.8 Å². The SMILES string of the molecule is Cc1cc(=O)n(CC2CCNCC2)[nH]1. The molecule has 0 saturated carbocycles. The van der Waals surface area contributed by atoms with Crippen molar-refractivity contribution in [2.75, 3.05) is 13.1 Å². The first-order valence-electron chi connectivity index (χ1n) is 5.23. The number of piperidine rings is 1. The Bertz CT molecular complexity index is 346. The van der Waals surface area contributed by atoms with Crippen molar-refractivity contribution in [3.63, 3.8) is 0 Å². The predicted molar refractivity (Wildman–Crippen MR) is 55.4 cm³/mol. The Morgan fingerprint density at radius 3 is 2.79 bits per heavy atom. The lowest BCUT2D eigenvalue weighted by Gasteiger charge is -2.22. The van der Waals surface area contributed by atoms with Crippen LogP contribution in [-0.4, -0.2) is 22.9 Å². The van der Waals surface area contributed by atoms with E-state index in [1.807, 2.05) is 6.92 Å². The fraction of sp³-hybridized carbons (Fsp3) is 0.700. The van der Waals surface area contributed by atoms with Crippen LogP contribution >= 0.6 is 0 Å². The summed E-state index contributed by atoms with van der Waals surface area (Å²) in [7, 11) is 0. The smallest absolute Gasteiger partial charge is 0.266 e. The number of rotatable bonds is 2. The molecule has 1 fully saturated rings. The minimum absolute atomic E-state index is 0.0982. The van der Waals surface area contributed by atoms with Gasteiger partial charge in [-0.15, -0.1) is 0 Å². The van der Waals surface area contributed by atoms with Crippen LogP contribution in [0, 0.1) is 12.8 Å². The molecule has 4 heteroatoms. The maximum atomic E-state index is 11.4. The van der Waals surface area contributed by atoms with Gasteiger partial charge in [-0.2, -0.15) is 0 Å². The molecule has 0 radical (unpaired) electrons. The minimum Gasteiger partial charge on any atom is -0.317 e. The number of nitrogens with one attached hydrogen (secondary N) is 2. The highest BCUT2D eigenvalue weighted by Crippen LogP contribution is 2.12. The third kappa shape index (κ3) is 2.07. The second-order valence-corrected chi connectivity index (χ2v) is 4.08. The Morgan fingerprint density at radius 2 is 2.21 bits per heavy atom. The topological polar surface area (TPSA) is 49.8 Å². The van der Waals surface area contributed by atoms with Crippen LogP contribution in [0.3, 0.4) is 0 Å². The van der Waals surface area contributed by atoms with Crippen LogP contribution in [0.2, 0.25) is 0 Å². The molecule has 0 spiro atoms. The lowest BCUT2D eigenvalue weighted by molar-refractivity contribution is 0.317. The molecule has 2 N–H and O–H groups in total. The van der Waals surface area contributed by atoms with Crippen molar-refractivity contribution in [3.05, 3.63) is 22.1 Å². The first kappa shape index (κ1) is 9.52. The molecule has 1 aliphatic heterocycles. The van der Waals surface area contributed by atoms with Gasteiger partial charge in [0.25, 0.3) is 5.56 Å². The van der Waals surface area contributed by atoms with Gasteiger partial charge >= 0.3 is 0 Å². The lowest BCUT2D eigenvalue weighted by Crippen LogP contribution is -2.32. The molecule has 1 saturated heterocycles. The van der Waals surface area contributed by atoms with Crippen LogP contribution < -0.4 is 10.9 Å². The van der Waals surface area contributed by atoms with Crippen molar-refractivity contribution in [2.45, 2.75) is 26.3 Å². The van der Waals surface area contributed by atoms with E-state index in [2.05, 4.69) is 10.4 Å². The number of nitrogens with zero attached hydrogens (tertiary/aromatic N) is 1. The van der Waals surface area contributed by atoms with Gasteiger partial charge in [-0.05, 0) is 38.8 Å². The van der Waals surface area contributed by atoms with E-state index in [4.69, 9.17) is 0 Å². The van der Waals surface area contributed by atoms with Gasteiger partial charge in [0, 0.05) is 18.3 Å². The molecule has 2 heterocycles. The first-order chi connectivity index (χ1) is 6.75. The second-order valence-electron chi connectivity index (χ2n) is 4.08. The van der Waals surface area contributed by atoms with Crippen LogP contribution in [0.5, 0.6) is 0 Å². The molecule has 2 rings (SSSR count). The summed E-state index contributed by atoms with van der Waals surface area (Å²) in [5.41, 5.74) is 1.05. The monoisotopic (exact) mass is 195 g/mol. The fourth-order valence-electron chi connectivity index (χ4n) is 2.02. The van der Waals surface area contributed by atoms with Crippen LogP contribution in [-0.2, 0) is 6.54 Å². The van der Waals surface area contributed by atoms with E-state index >= 15 is 0 Å². The Labute approximate surface area is 83.3 Å². The zero-order chi connectivity index (χ0) is 9.97. The second kappa shape index (κ2) is 4.00. The zero-order valence-corrected chi connectivity index (χ0v) is 8.55. The molecule has 1 aromatic heterocycles. The van der Waals surface area contributed by atoms with E-state index in [1.54, 1.807) is 10.7 Å². The highest BCUT2D eigenvalue weighted by molar-refractivity contribution is 4.95. The van der Waals surface area contributed by atoms with Gasteiger partial charge in [0.05, 0.1) is 0 Å². The van der Waals surface area contributed by atoms with E-state index in [0.29, 0.717) is 5.92 Å². The fourth-order valence-corrected chi connectivity index (χ4v) is 2.02. The summed E-state index contributed by atoms with van der Waals surface area (Å²) in [6.07, 6.45) is 2.34. The Hall–Kier alpha value is -1.03. The Kier molecular flexibility index (Phi) is 2.72. The molecular formula is C10H17N3O. The average Bonchev–Trinajstić information content (AvgIpc) is 2.47. The summed E-state index contributed by atoms with van der Waals surface area (Å²) >= 11 is 0. The van der Waals surface area contributed by atoms with Crippen molar-refractivity contribution < 1.29 is 0 Å². The van der Waals surface area contributed by atoms with Gasteiger partial charge < -0.3 is 5.32 Å². The van der Waals surface area contributed by atoms with E-state index in [9.17, 15) is 4.79 Å². The van der Waals surface area contributed by atoms with Gasteiger partial charge in [0.2, 0.25) is 0 Å². The third-order valence-electron chi connectivity index (χ3n) is 2.82. The van der Waals surface area contributed by atoms with E-state index < -0.39 is 0 Å². The standard InChI is InChI=1S/C10H17N3O/c1-8-6-10(14)13(12-8)7-9-2-4-11-5-3-9/h6,9,11-12H,2-5,7H2,1H3. The van der Waals surface area contributed by atoms with Gasteiger partial charge in [-0.3, -0.25) is 14.6 Å². The van der Waals surface area contributed by atoms with Crippen molar-refractivity contribution in [3.8, 4) is 0 Å². The minimum atomic E-state index is 0.0982.